The standard InChI is InChI=1S/C8H11BrN4O2/c1-12(2)7(15)5-6(13(3)4-14)11-8(9)10-5/h4H,1-3H3,(H,10,11). The van der Waals surface area contributed by atoms with Crippen molar-refractivity contribution >= 4 is 34.1 Å². The quantitative estimate of drug-likeness (QED) is 0.815. The number of carbonyl (C=O) groups is 2. The van der Waals surface area contributed by atoms with Crippen molar-refractivity contribution in [2.45, 2.75) is 0 Å². The highest BCUT2D eigenvalue weighted by atomic mass is 79.9. The molecule has 0 radical (unpaired) electrons. The topological polar surface area (TPSA) is 69.3 Å². The third kappa shape index (κ3) is 2.35. The maximum absolute atomic E-state index is 11.7. The fraction of sp³-hybridized carbons (Fsp3) is 0.375. The Morgan fingerprint density at radius 2 is 2.07 bits per heavy atom. The van der Waals surface area contributed by atoms with E-state index in [-0.39, 0.29) is 11.6 Å². The van der Waals surface area contributed by atoms with Gasteiger partial charge in [-0.3, -0.25) is 9.59 Å². The molecule has 0 aliphatic carbocycles. The lowest BCUT2D eigenvalue weighted by Crippen LogP contribution is -2.25. The molecule has 82 valence electrons. The van der Waals surface area contributed by atoms with Gasteiger partial charge in [0, 0.05) is 21.1 Å². The number of imidazole rings is 1. The Hall–Kier alpha value is -1.37. The lowest BCUT2D eigenvalue weighted by Gasteiger charge is -2.12. The number of rotatable bonds is 3. The number of halogens is 1. The number of hydrogen-bond acceptors (Lipinski definition) is 3. The van der Waals surface area contributed by atoms with Crippen molar-refractivity contribution in [2.24, 2.45) is 0 Å². The summed E-state index contributed by atoms with van der Waals surface area (Å²) in [6, 6.07) is 0. The second-order valence-electron chi connectivity index (χ2n) is 3.14. The molecule has 2 amide bonds. The average Bonchev–Trinajstić information content (AvgIpc) is 2.57. The molecule has 1 aromatic rings. The van der Waals surface area contributed by atoms with Gasteiger partial charge in [-0.25, -0.2) is 4.98 Å². The highest BCUT2D eigenvalue weighted by Crippen LogP contribution is 2.19. The number of H-pyrrole nitrogens is 1. The first kappa shape index (κ1) is 11.7. The van der Waals surface area contributed by atoms with Crippen molar-refractivity contribution in [1.82, 2.24) is 14.9 Å². The van der Waals surface area contributed by atoms with E-state index in [0.717, 1.165) is 0 Å². The number of hydrogen-bond donors (Lipinski definition) is 1. The van der Waals surface area contributed by atoms with E-state index in [0.29, 0.717) is 17.0 Å². The number of nitrogens with zero attached hydrogens (tertiary/aromatic N) is 3. The Kier molecular flexibility index (Phi) is 3.46. The highest BCUT2D eigenvalue weighted by molar-refractivity contribution is 9.10. The molecule has 0 fully saturated rings. The number of anilines is 1. The van der Waals surface area contributed by atoms with Gasteiger partial charge in [-0.1, -0.05) is 0 Å². The van der Waals surface area contributed by atoms with E-state index in [1.165, 1.54) is 16.8 Å². The van der Waals surface area contributed by atoms with Crippen LogP contribution in [0, 0.1) is 0 Å². The van der Waals surface area contributed by atoms with Crippen LogP contribution in [0.1, 0.15) is 10.5 Å². The zero-order valence-electron chi connectivity index (χ0n) is 8.61. The van der Waals surface area contributed by atoms with E-state index in [2.05, 4.69) is 25.9 Å². The lowest BCUT2D eigenvalue weighted by molar-refractivity contribution is -0.107. The number of nitrogens with one attached hydrogen (secondary N) is 1. The maximum Gasteiger partial charge on any atom is 0.273 e. The third-order valence-electron chi connectivity index (χ3n) is 1.77. The van der Waals surface area contributed by atoms with Crippen molar-refractivity contribution < 1.29 is 9.59 Å². The zero-order chi connectivity index (χ0) is 11.6. The van der Waals surface area contributed by atoms with Gasteiger partial charge in [0.1, 0.15) is 5.69 Å². The molecule has 15 heavy (non-hydrogen) atoms. The smallest absolute Gasteiger partial charge is 0.273 e. The molecule has 1 N–H and O–H groups in total. The molecule has 0 unspecified atom stereocenters. The van der Waals surface area contributed by atoms with Crippen molar-refractivity contribution in [3.63, 3.8) is 0 Å². The first-order chi connectivity index (χ1) is 6.97. The molecule has 0 aliphatic rings. The van der Waals surface area contributed by atoms with Crippen LogP contribution in [0.5, 0.6) is 0 Å². The van der Waals surface area contributed by atoms with E-state index in [1.54, 1.807) is 14.1 Å². The zero-order valence-corrected chi connectivity index (χ0v) is 10.2. The molecule has 1 heterocycles. The molecule has 1 aromatic heterocycles. The minimum absolute atomic E-state index is 0.239. The Morgan fingerprint density at radius 3 is 2.53 bits per heavy atom. The summed E-state index contributed by atoms with van der Waals surface area (Å²) in [6.45, 7) is 0. The van der Waals surface area contributed by atoms with E-state index in [4.69, 9.17) is 0 Å². The molecule has 7 heteroatoms. The number of amides is 2. The second kappa shape index (κ2) is 4.43. The van der Waals surface area contributed by atoms with E-state index in [9.17, 15) is 9.59 Å². The minimum Gasteiger partial charge on any atom is -0.343 e. The van der Waals surface area contributed by atoms with Crippen LogP contribution in [0.3, 0.4) is 0 Å². The van der Waals surface area contributed by atoms with Gasteiger partial charge in [0.2, 0.25) is 6.41 Å². The summed E-state index contributed by atoms with van der Waals surface area (Å²) in [5.74, 6) is 0.0625. The highest BCUT2D eigenvalue weighted by Gasteiger charge is 2.20. The monoisotopic (exact) mass is 274 g/mol. The van der Waals surface area contributed by atoms with Crippen molar-refractivity contribution in [3.05, 3.63) is 10.4 Å². The molecule has 0 aromatic carbocycles. The Labute approximate surface area is 95.4 Å². The Balaban J connectivity index is 3.17. The molecule has 0 atom stereocenters. The predicted molar refractivity (Wildman–Crippen MR) is 58.8 cm³/mol. The van der Waals surface area contributed by atoms with Gasteiger partial charge in [0.15, 0.2) is 10.6 Å². The normalized spacial score (nSPS) is 9.87. The summed E-state index contributed by atoms with van der Waals surface area (Å²) in [5.41, 5.74) is 0.279. The molecule has 0 saturated heterocycles. The van der Waals surface area contributed by atoms with Crippen LogP contribution in [-0.4, -0.2) is 48.3 Å². The summed E-state index contributed by atoms with van der Waals surface area (Å²) in [7, 11) is 4.78. The van der Waals surface area contributed by atoms with Crippen LogP contribution in [0.4, 0.5) is 5.82 Å². The van der Waals surface area contributed by atoms with E-state index in [1.807, 2.05) is 0 Å². The molecular weight excluding hydrogens is 264 g/mol. The van der Waals surface area contributed by atoms with Crippen LogP contribution < -0.4 is 4.90 Å². The predicted octanol–water partition coefficient (Wildman–Crippen LogP) is 0.467. The lowest BCUT2D eigenvalue weighted by atomic mass is 10.3. The number of aromatic amines is 1. The summed E-state index contributed by atoms with van der Waals surface area (Å²) in [6.07, 6.45) is 0.592. The van der Waals surface area contributed by atoms with Crippen LogP contribution in [0.15, 0.2) is 4.73 Å². The van der Waals surface area contributed by atoms with Gasteiger partial charge < -0.3 is 14.8 Å². The molecule has 6 nitrogen and oxygen atoms in total. The summed E-state index contributed by atoms with van der Waals surface area (Å²) in [5, 5.41) is 0. The molecule has 1 rings (SSSR count). The summed E-state index contributed by atoms with van der Waals surface area (Å²) in [4.78, 5) is 31.7. The molecule has 0 aliphatic heterocycles. The Bertz CT molecular complexity index is 388. The number of aromatic nitrogens is 2. The van der Waals surface area contributed by atoms with Crippen LogP contribution in [-0.2, 0) is 4.79 Å². The van der Waals surface area contributed by atoms with Gasteiger partial charge in [-0.15, -0.1) is 0 Å². The van der Waals surface area contributed by atoms with E-state index >= 15 is 0 Å². The van der Waals surface area contributed by atoms with Gasteiger partial charge in [-0.2, -0.15) is 0 Å². The largest absolute Gasteiger partial charge is 0.343 e. The Morgan fingerprint density at radius 1 is 1.47 bits per heavy atom. The summed E-state index contributed by atoms with van der Waals surface area (Å²) < 4.78 is 0.413. The summed E-state index contributed by atoms with van der Waals surface area (Å²) >= 11 is 3.12. The minimum atomic E-state index is -0.239. The average molecular weight is 275 g/mol. The van der Waals surface area contributed by atoms with Crippen LogP contribution in [0.2, 0.25) is 0 Å². The third-order valence-corrected chi connectivity index (χ3v) is 2.14. The fourth-order valence-corrected chi connectivity index (χ4v) is 1.38. The first-order valence-electron chi connectivity index (χ1n) is 4.12. The van der Waals surface area contributed by atoms with Crippen molar-refractivity contribution in [3.8, 4) is 0 Å². The van der Waals surface area contributed by atoms with Gasteiger partial charge >= 0.3 is 0 Å². The maximum atomic E-state index is 11.7. The first-order valence-corrected chi connectivity index (χ1v) is 4.92. The van der Waals surface area contributed by atoms with Crippen LogP contribution >= 0.6 is 15.9 Å². The fourth-order valence-electron chi connectivity index (χ4n) is 1.01. The van der Waals surface area contributed by atoms with Gasteiger partial charge in [-0.05, 0) is 15.9 Å². The van der Waals surface area contributed by atoms with Gasteiger partial charge in [0.05, 0.1) is 0 Å². The SMILES string of the molecule is CN(C)C(=O)c1[nH]c(Br)nc1N(C)C=O. The van der Waals surface area contributed by atoms with E-state index < -0.39 is 0 Å². The van der Waals surface area contributed by atoms with Crippen molar-refractivity contribution in [2.75, 3.05) is 26.0 Å². The molecule has 0 saturated carbocycles. The molecule has 0 spiro atoms. The molecule has 0 bridgehead atoms. The number of carbonyl (C=O) groups excluding carboxylic acids is 2. The van der Waals surface area contributed by atoms with Gasteiger partial charge in [0.25, 0.3) is 5.91 Å². The second-order valence-corrected chi connectivity index (χ2v) is 3.89. The van der Waals surface area contributed by atoms with Crippen LogP contribution in [0.25, 0.3) is 0 Å². The van der Waals surface area contributed by atoms with Crippen molar-refractivity contribution in [1.29, 1.82) is 0 Å². The molecular formula is C8H11BrN4O2.